The number of hydrogen-bond donors (Lipinski definition) is 2. The minimum Gasteiger partial charge on any atom is -0.444 e. The van der Waals surface area contributed by atoms with Gasteiger partial charge in [-0.25, -0.2) is 24.5 Å². The van der Waals surface area contributed by atoms with Crippen molar-refractivity contribution in [2.75, 3.05) is 13.1 Å². The summed E-state index contributed by atoms with van der Waals surface area (Å²) in [6, 6.07) is 11.4. The maximum atomic E-state index is 12.9. The molecule has 3 aromatic heterocycles. The molecule has 0 bridgehead atoms. The molecule has 5 heterocycles. The molecule has 0 saturated carbocycles. The third-order valence-electron chi connectivity index (χ3n) is 8.44. The number of carbonyl (C=O) groups is 2. The molecule has 0 radical (unpaired) electrons. The van der Waals surface area contributed by atoms with Gasteiger partial charge in [0, 0.05) is 18.7 Å². The van der Waals surface area contributed by atoms with Crippen molar-refractivity contribution < 1.29 is 23.5 Å². The van der Waals surface area contributed by atoms with Crippen LogP contribution >= 0.6 is 0 Å². The number of likely N-dealkylation sites (tertiary alicyclic amines) is 2. The summed E-state index contributed by atoms with van der Waals surface area (Å²) < 4.78 is 17.6. The first-order chi connectivity index (χ1) is 22.3. The number of nitrogens with zero attached hydrogens (tertiary/aromatic N) is 5. The molecule has 0 aliphatic carbocycles. The predicted octanol–water partition coefficient (Wildman–Crippen LogP) is 7.91. The van der Waals surface area contributed by atoms with E-state index >= 15 is 0 Å². The molecule has 7 rings (SSSR count). The number of benzene rings is 2. The summed E-state index contributed by atoms with van der Waals surface area (Å²) in [4.78, 5) is 50.6. The van der Waals surface area contributed by atoms with Crippen LogP contribution in [0.15, 0.2) is 47.0 Å². The molecule has 47 heavy (non-hydrogen) atoms. The van der Waals surface area contributed by atoms with Gasteiger partial charge in [-0.3, -0.25) is 9.80 Å². The van der Waals surface area contributed by atoms with Crippen LogP contribution in [0.3, 0.4) is 0 Å². The van der Waals surface area contributed by atoms with Crippen molar-refractivity contribution >= 4 is 34.3 Å². The number of rotatable bonds is 4. The zero-order valence-electron chi connectivity index (χ0n) is 27.7. The topological polar surface area (TPSA) is 142 Å². The predicted molar refractivity (Wildman–Crippen MR) is 177 cm³/mol. The Kier molecular flexibility index (Phi) is 7.48. The highest BCUT2D eigenvalue weighted by Crippen LogP contribution is 2.37. The van der Waals surface area contributed by atoms with Crippen molar-refractivity contribution in [1.29, 1.82) is 0 Å². The highest BCUT2D eigenvalue weighted by atomic mass is 16.6. The van der Waals surface area contributed by atoms with Crippen molar-refractivity contribution in [3.8, 4) is 22.8 Å². The minimum atomic E-state index is -0.572. The second-order valence-electron chi connectivity index (χ2n) is 14.4. The van der Waals surface area contributed by atoms with E-state index in [0.29, 0.717) is 24.7 Å². The minimum absolute atomic E-state index is 0.169. The highest BCUT2D eigenvalue weighted by molar-refractivity contribution is 5.90. The average Bonchev–Trinajstić information content (AvgIpc) is 3.82. The van der Waals surface area contributed by atoms with Gasteiger partial charge < -0.3 is 23.9 Å². The molecule has 0 spiro atoms. The zero-order valence-corrected chi connectivity index (χ0v) is 27.7. The lowest BCUT2D eigenvalue weighted by molar-refractivity contribution is 0.0208. The van der Waals surface area contributed by atoms with Crippen LogP contribution in [0, 0.1) is 0 Å². The fourth-order valence-corrected chi connectivity index (χ4v) is 6.43. The third-order valence-corrected chi connectivity index (χ3v) is 8.44. The fourth-order valence-electron chi connectivity index (χ4n) is 6.43. The van der Waals surface area contributed by atoms with Crippen molar-refractivity contribution in [2.24, 2.45) is 0 Å². The Morgan fingerprint density at radius 3 is 2.09 bits per heavy atom. The van der Waals surface area contributed by atoms with Crippen LogP contribution in [-0.2, 0) is 9.47 Å². The van der Waals surface area contributed by atoms with E-state index < -0.39 is 11.2 Å². The normalized spacial score (nSPS) is 18.9. The second kappa shape index (κ2) is 11.4. The van der Waals surface area contributed by atoms with Crippen molar-refractivity contribution in [2.45, 2.75) is 90.5 Å². The number of fused-ring (bicyclic) bond motifs is 2. The van der Waals surface area contributed by atoms with Crippen LogP contribution in [-0.4, -0.2) is 71.2 Å². The quantitative estimate of drug-likeness (QED) is 0.202. The van der Waals surface area contributed by atoms with Gasteiger partial charge in [-0.05, 0) is 97.6 Å². The van der Waals surface area contributed by atoms with Gasteiger partial charge in [0.15, 0.2) is 5.76 Å². The standard InChI is InChI=1S/C35H41N7O5/c1-34(2,3)46-32(43)41-16-8-12-25(41)29-37-22-15-14-20(18-24(22)39-29)27-19-36-31(45-27)21-10-7-11-23-28(21)40-30(38-23)26-13-9-17-42(26)33(44)47-35(4,5)6/h7,10-11,14-15,18-19,25-26H,8-9,12-13,16-17H2,1-6H3,(H,37,39)(H,38,40)/t25-,26+/m0/s1. The van der Waals surface area contributed by atoms with Crippen molar-refractivity contribution in [3.05, 3.63) is 54.2 Å². The third kappa shape index (κ3) is 6.16. The number of hydrogen-bond acceptors (Lipinski definition) is 8. The highest BCUT2D eigenvalue weighted by Gasteiger charge is 2.36. The number of ether oxygens (including phenoxy) is 2. The van der Waals surface area contributed by atoms with Gasteiger partial charge in [-0.1, -0.05) is 6.07 Å². The van der Waals surface area contributed by atoms with Crippen LogP contribution in [0.1, 0.15) is 91.0 Å². The van der Waals surface area contributed by atoms with Crippen LogP contribution in [0.4, 0.5) is 9.59 Å². The lowest BCUT2D eigenvalue weighted by Crippen LogP contribution is -2.36. The number of carbonyl (C=O) groups excluding carboxylic acids is 2. The van der Waals surface area contributed by atoms with E-state index in [2.05, 4.69) is 15.0 Å². The number of oxazole rings is 1. The Morgan fingerprint density at radius 2 is 1.45 bits per heavy atom. The van der Waals surface area contributed by atoms with Crippen molar-refractivity contribution in [3.63, 3.8) is 0 Å². The molecule has 0 unspecified atom stereocenters. The molecule has 246 valence electrons. The molecule has 2 saturated heterocycles. The number of H-pyrrole nitrogens is 2. The Hall–Kier alpha value is -4.87. The molecule has 2 amide bonds. The molecule has 12 nitrogen and oxygen atoms in total. The van der Waals surface area contributed by atoms with Gasteiger partial charge in [-0.15, -0.1) is 0 Å². The Balaban J connectivity index is 1.13. The number of imidazole rings is 2. The number of aromatic amines is 2. The molecule has 2 aliphatic heterocycles. The van der Waals surface area contributed by atoms with Gasteiger partial charge in [0.25, 0.3) is 0 Å². The second-order valence-corrected chi connectivity index (χ2v) is 14.4. The number of aromatic nitrogens is 5. The summed E-state index contributed by atoms with van der Waals surface area (Å²) in [5.74, 6) is 2.51. The lowest BCUT2D eigenvalue weighted by Gasteiger charge is -2.27. The van der Waals surface area contributed by atoms with Crippen molar-refractivity contribution in [1.82, 2.24) is 34.7 Å². The zero-order chi connectivity index (χ0) is 33.1. The van der Waals surface area contributed by atoms with Crippen LogP contribution in [0.5, 0.6) is 0 Å². The average molecular weight is 640 g/mol. The fraction of sp³-hybridized carbons (Fsp3) is 0.457. The summed E-state index contributed by atoms with van der Waals surface area (Å²) in [7, 11) is 0. The van der Waals surface area contributed by atoms with E-state index in [0.717, 1.165) is 70.5 Å². The molecule has 2 aliphatic rings. The smallest absolute Gasteiger partial charge is 0.410 e. The van der Waals surface area contributed by atoms with Gasteiger partial charge in [0.05, 0.1) is 40.4 Å². The van der Waals surface area contributed by atoms with Crippen LogP contribution in [0.2, 0.25) is 0 Å². The first kappa shape index (κ1) is 30.8. The molecular weight excluding hydrogens is 598 g/mol. The van der Waals surface area contributed by atoms with Gasteiger partial charge in [-0.2, -0.15) is 0 Å². The Bertz CT molecular complexity index is 1960. The maximum absolute atomic E-state index is 12.9. The molecule has 5 aromatic rings. The first-order valence-corrected chi connectivity index (χ1v) is 16.3. The molecular formula is C35H41N7O5. The number of nitrogens with one attached hydrogen (secondary N) is 2. The van der Waals surface area contributed by atoms with Gasteiger partial charge in [0.1, 0.15) is 28.4 Å². The van der Waals surface area contributed by atoms with Crippen LogP contribution in [0.25, 0.3) is 44.8 Å². The SMILES string of the molecule is CC(C)(C)OC(=O)N1CCC[C@@H]1c1nc2c(-c3ncc(-c4ccc5nc([C@@H]6CCCN6C(=O)OC(C)(C)C)[nH]c5c4)o3)cccc2[nH]1. The first-order valence-electron chi connectivity index (χ1n) is 16.3. The van der Waals surface area contributed by atoms with Gasteiger partial charge in [0.2, 0.25) is 5.89 Å². The van der Waals surface area contributed by atoms with E-state index in [1.165, 1.54) is 0 Å². The summed E-state index contributed by atoms with van der Waals surface area (Å²) in [5.41, 5.74) is 3.68. The molecule has 12 heteroatoms. The largest absolute Gasteiger partial charge is 0.444 e. The van der Waals surface area contributed by atoms with E-state index in [-0.39, 0.29) is 24.3 Å². The van der Waals surface area contributed by atoms with E-state index in [1.807, 2.05) is 77.9 Å². The Morgan fingerprint density at radius 1 is 0.830 bits per heavy atom. The summed E-state index contributed by atoms with van der Waals surface area (Å²) in [5, 5.41) is 0. The van der Waals surface area contributed by atoms with E-state index in [4.69, 9.17) is 23.9 Å². The molecule has 2 fully saturated rings. The number of para-hydroxylation sites is 1. The summed E-state index contributed by atoms with van der Waals surface area (Å²) in [6.45, 7) is 12.5. The maximum Gasteiger partial charge on any atom is 0.410 e. The summed E-state index contributed by atoms with van der Waals surface area (Å²) in [6.07, 6.45) is 4.44. The number of amides is 2. The van der Waals surface area contributed by atoms with Crippen LogP contribution < -0.4 is 0 Å². The lowest BCUT2D eigenvalue weighted by atomic mass is 10.1. The van der Waals surface area contributed by atoms with E-state index in [1.54, 1.807) is 16.0 Å². The van der Waals surface area contributed by atoms with E-state index in [9.17, 15) is 9.59 Å². The molecule has 2 N–H and O–H groups in total. The monoisotopic (exact) mass is 639 g/mol. The Labute approximate surface area is 272 Å². The molecule has 2 aromatic carbocycles. The van der Waals surface area contributed by atoms with Gasteiger partial charge >= 0.3 is 12.2 Å². The molecule has 2 atom stereocenters. The summed E-state index contributed by atoms with van der Waals surface area (Å²) >= 11 is 0.